The summed E-state index contributed by atoms with van der Waals surface area (Å²) in [6.45, 7) is -0.630. The Hall–Kier alpha value is -2.57. The van der Waals surface area contributed by atoms with E-state index >= 15 is 0 Å². The molecule has 1 aromatic carbocycles. The molecule has 0 unspecified atom stereocenters. The van der Waals surface area contributed by atoms with Gasteiger partial charge >= 0.3 is 5.97 Å². The SMILES string of the molecule is COc1ccccc1NC(=O)COC(=O)CNC(=O)CC12CC3CC(CC(C3)C1)C2. The summed E-state index contributed by atoms with van der Waals surface area (Å²) in [7, 11) is 1.51. The predicted molar refractivity (Wildman–Crippen MR) is 111 cm³/mol. The number of amides is 2. The van der Waals surface area contributed by atoms with Crippen LogP contribution in [0.4, 0.5) is 5.69 Å². The average molecular weight is 415 g/mol. The number of carbonyl (C=O) groups excluding carboxylic acids is 3. The molecule has 0 aromatic heterocycles. The minimum absolute atomic E-state index is 0.0904. The van der Waals surface area contributed by atoms with Crippen LogP contribution in [0, 0.1) is 23.2 Å². The van der Waals surface area contributed by atoms with Gasteiger partial charge in [-0.3, -0.25) is 14.4 Å². The summed E-state index contributed by atoms with van der Waals surface area (Å²) in [4.78, 5) is 36.4. The van der Waals surface area contributed by atoms with Gasteiger partial charge < -0.3 is 20.1 Å². The van der Waals surface area contributed by atoms with E-state index in [9.17, 15) is 14.4 Å². The number of hydrogen-bond acceptors (Lipinski definition) is 5. The van der Waals surface area contributed by atoms with Gasteiger partial charge in [-0.15, -0.1) is 0 Å². The number of para-hydroxylation sites is 2. The molecule has 7 nitrogen and oxygen atoms in total. The number of anilines is 1. The molecule has 0 radical (unpaired) electrons. The Balaban J connectivity index is 1.18. The first kappa shape index (κ1) is 20.7. The first-order valence-electron chi connectivity index (χ1n) is 10.8. The number of rotatable bonds is 8. The maximum atomic E-state index is 12.5. The third-order valence-corrected chi connectivity index (χ3v) is 6.88. The minimum Gasteiger partial charge on any atom is -0.495 e. The molecule has 2 amide bonds. The number of carbonyl (C=O) groups is 3. The van der Waals surface area contributed by atoms with Gasteiger partial charge in [0.15, 0.2) is 6.61 Å². The highest BCUT2D eigenvalue weighted by molar-refractivity contribution is 5.94. The van der Waals surface area contributed by atoms with Crippen LogP contribution in [0.1, 0.15) is 44.9 Å². The summed E-state index contributed by atoms with van der Waals surface area (Å²) in [5.74, 6) is 1.71. The van der Waals surface area contributed by atoms with Crippen molar-refractivity contribution in [2.24, 2.45) is 23.2 Å². The zero-order valence-corrected chi connectivity index (χ0v) is 17.4. The number of hydrogen-bond donors (Lipinski definition) is 2. The third-order valence-electron chi connectivity index (χ3n) is 6.88. The first-order chi connectivity index (χ1) is 14.4. The van der Waals surface area contributed by atoms with Gasteiger partial charge in [0.25, 0.3) is 5.91 Å². The summed E-state index contributed by atoms with van der Waals surface area (Å²) in [5, 5.41) is 5.32. The van der Waals surface area contributed by atoms with Gasteiger partial charge in [-0.25, -0.2) is 0 Å². The fraction of sp³-hybridized carbons (Fsp3) is 0.609. The number of benzene rings is 1. The lowest BCUT2D eigenvalue weighted by Gasteiger charge is -2.56. The van der Waals surface area contributed by atoms with Crippen LogP contribution < -0.4 is 15.4 Å². The smallest absolute Gasteiger partial charge is 0.325 e. The van der Waals surface area contributed by atoms with E-state index in [1.54, 1.807) is 24.3 Å². The molecule has 1 aromatic rings. The molecule has 4 aliphatic rings. The molecule has 4 aliphatic carbocycles. The normalized spacial score (nSPS) is 28.6. The van der Waals surface area contributed by atoms with E-state index in [1.165, 1.54) is 26.4 Å². The molecular formula is C23H30N2O5. The predicted octanol–water partition coefficient (Wildman–Crippen LogP) is 2.90. The van der Waals surface area contributed by atoms with Crippen LogP contribution in [0.15, 0.2) is 24.3 Å². The Labute approximate surface area is 176 Å². The highest BCUT2D eigenvalue weighted by atomic mass is 16.5. The molecule has 5 rings (SSSR count). The van der Waals surface area contributed by atoms with Gasteiger partial charge in [0.05, 0.1) is 12.8 Å². The Morgan fingerprint density at radius 1 is 1.00 bits per heavy atom. The summed E-state index contributed by atoms with van der Waals surface area (Å²) in [6, 6.07) is 6.98. The van der Waals surface area contributed by atoms with E-state index in [4.69, 9.17) is 9.47 Å². The fourth-order valence-corrected chi connectivity index (χ4v) is 6.21. The van der Waals surface area contributed by atoms with Crippen molar-refractivity contribution in [3.63, 3.8) is 0 Å². The second kappa shape index (κ2) is 8.66. The van der Waals surface area contributed by atoms with Gasteiger partial charge in [0.2, 0.25) is 5.91 Å². The average Bonchev–Trinajstić information content (AvgIpc) is 2.70. The molecule has 162 valence electrons. The lowest BCUT2D eigenvalue weighted by atomic mass is 9.49. The molecule has 0 spiro atoms. The van der Waals surface area contributed by atoms with Crippen molar-refractivity contribution < 1.29 is 23.9 Å². The van der Waals surface area contributed by atoms with Gasteiger partial charge in [-0.1, -0.05) is 12.1 Å². The summed E-state index contributed by atoms with van der Waals surface area (Å²) in [6.07, 6.45) is 7.97. The molecule has 0 saturated heterocycles. The van der Waals surface area contributed by atoms with E-state index < -0.39 is 18.5 Å². The summed E-state index contributed by atoms with van der Waals surface area (Å²) >= 11 is 0. The van der Waals surface area contributed by atoms with Crippen molar-refractivity contribution >= 4 is 23.5 Å². The molecule has 4 fully saturated rings. The number of esters is 1. The van der Waals surface area contributed by atoms with Crippen LogP contribution in [0.5, 0.6) is 5.75 Å². The molecule has 0 atom stereocenters. The number of nitrogens with one attached hydrogen (secondary N) is 2. The maximum Gasteiger partial charge on any atom is 0.325 e. The monoisotopic (exact) mass is 414 g/mol. The van der Waals surface area contributed by atoms with Gasteiger partial charge in [0.1, 0.15) is 12.3 Å². The number of methoxy groups -OCH3 is 1. The van der Waals surface area contributed by atoms with Crippen LogP contribution in [0.2, 0.25) is 0 Å². The Bertz CT molecular complexity index is 786. The Kier molecular flexibility index (Phi) is 5.97. The van der Waals surface area contributed by atoms with Crippen molar-refractivity contribution in [2.45, 2.75) is 44.9 Å². The van der Waals surface area contributed by atoms with Gasteiger partial charge in [0, 0.05) is 6.42 Å². The molecule has 7 heteroatoms. The van der Waals surface area contributed by atoms with Crippen LogP contribution in [-0.4, -0.2) is 38.0 Å². The van der Waals surface area contributed by atoms with Crippen molar-refractivity contribution in [3.05, 3.63) is 24.3 Å². The first-order valence-corrected chi connectivity index (χ1v) is 10.8. The molecule has 0 heterocycles. The second-order valence-corrected chi connectivity index (χ2v) is 9.28. The molecule has 4 saturated carbocycles. The highest BCUT2D eigenvalue weighted by Crippen LogP contribution is 2.61. The van der Waals surface area contributed by atoms with Crippen LogP contribution in [0.25, 0.3) is 0 Å². The van der Waals surface area contributed by atoms with Crippen molar-refractivity contribution in [1.82, 2.24) is 5.32 Å². The number of ether oxygens (including phenoxy) is 2. The van der Waals surface area contributed by atoms with E-state index in [-0.39, 0.29) is 17.9 Å². The largest absolute Gasteiger partial charge is 0.495 e. The molecule has 4 bridgehead atoms. The molecule has 30 heavy (non-hydrogen) atoms. The van der Waals surface area contributed by atoms with Gasteiger partial charge in [-0.2, -0.15) is 0 Å². The Morgan fingerprint density at radius 3 is 2.27 bits per heavy atom. The standard InChI is InChI=1S/C23H30N2O5/c1-29-19-5-3-2-4-18(19)25-21(27)14-30-22(28)13-24-20(26)12-23-9-15-6-16(10-23)8-17(7-15)11-23/h2-5,15-17H,6-14H2,1H3,(H,24,26)(H,25,27). The van der Waals surface area contributed by atoms with Gasteiger partial charge in [-0.05, 0) is 73.8 Å². The quantitative estimate of drug-likeness (QED) is 0.638. The van der Waals surface area contributed by atoms with Crippen molar-refractivity contribution in [3.8, 4) is 5.75 Å². The van der Waals surface area contributed by atoms with Crippen LogP contribution >= 0.6 is 0 Å². The minimum atomic E-state index is -0.621. The molecule has 2 N–H and O–H groups in total. The molecule has 0 aliphatic heterocycles. The van der Waals surface area contributed by atoms with E-state index in [1.807, 2.05) is 0 Å². The zero-order chi connectivity index (χ0) is 21.1. The topological polar surface area (TPSA) is 93.7 Å². The zero-order valence-electron chi connectivity index (χ0n) is 17.4. The highest BCUT2D eigenvalue weighted by Gasteiger charge is 2.51. The molecular weight excluding hydrogens is 384 g/mol. The lowest BCUT2D eigenvalue weighted by molar-refractivity contribution is -0.147. The lowest BCUT2D eigenvalue weighted by Crippen LogP contribution is -2.48. The fourth-order valence-electron chi connectivity index (χ4n) is 6.21. The van der Waals surface area contributed by atoms with Crippen molar-refractivity contribution in [2.75, 3.05) is 25.6 Å². The Morgan fingerprint density at radius 2 is 1.63 bits per heavy atom. The summed E-state index contributed by atoms with van der Waals surface area (Å²) < 4.78 is 10.2. The van der Waals surface area contributed by atoms with E-state index in [2.05, 4.69) is 10.6 Å². The van der Waals surface area contributed by atoms with Crippen LogP contribution in [0.3, 0.4) is 0 Å². The second-order valence-electron chi connectivity index (χ2n) is 9.28. The summed E-state index contributed by atoms with van der Waals surface area (Å²) in [5.41, 5.74) is 0.641. The third kappa shape index (κ3) is 4.77. The van der Waals surface area contributed by atoms with Crippen molar-refractivity contribution in [1.29, 1.82) is 0 Å². The van der Waals surface area contributed by atoms with E-state index in [0.717, 1.165) is 37.0 Å². The maximum absolute atomic E-state index is 12.5. The van der Waals surface area contributed by atoms with E-state index in [0.29, 0.717) is 17.9 Å². The van der Waals surface area contributed by atoms with Crippen LogP contribution in [-0.2, 0) is 19.1 Å².